The Morgan fingerprint density at radius 1 is 1.12 bits per heavy atom. The molecule has 1 amide bonds. The van der Waals surface area contributed by atoms with Gasteiger partial charge in [0.1, 0.15) is 0 Å². The van der Waals surface area contributed by atoms with Gasteiger partial charge in [0.25, 0.3) is 0 Å². The number of anilines is 1. The second kappa shape index (κ2) is 6.40. The van der Waals surface area contributed by atoms with Crippen molar-refractivity contribution in [1.82, 2.24) is 14.8 Å². The number of amides is 1. The van der Waals surface area contributed by atoms with Crippen molar-refractivity contribution in [1.29, 1.82) is 0 Å². The maximum atomic E-state index is 12.3. The van der Waals surface area contributed by atoms with Crippen LogP contribution in [0.5, 0.6) is 0 Å². The summed E-state index contributed by atoms with van der Waals surface area (Å²) < 4.78 is 1.65. The van der Waals surface area contributed by atoms with Crippen molar-refractivity contribution in [2.24, 2.45) is 12.5 Å². The summed E-state index contributed by atoms with van der Waals surface area (Å²) in [6, 6.07) is 11.7. The van der Waals surface area contributed by atoms with Crippen LogP contribution in [0.25, 0.3) is 11.0 Å². The molecule has 126 valence electrons. The first kappa shape index (κ1) is 16.7. The van der Waals surface area contributed by atoms with E-state index in [0.29, 0.717) is 11.5 Å². The van der Waals surface area contributed by atoms with Crippen molar-refractivity contribution in [3.8, 4) is 11.8 Å². The van der Waals surface area contributed by atoms with Crippen molar-refractivity contribution >= 4 is 22.8 Å². The van der Waals surface area contributed by atoms with Crippen molar-refractivity contribution in [2.45, 2.75) is 20.8 Å². The number of carbonyl (C=O) groups is 1. The van der Waals surface area contributed by atoms with Gasteiger partial charge in [-0.05, 0) is 18.2 Å². The molecule has 25 heavy (non-hydrogen) atoms. The SMILES string of the molecule is Cn1nc(NC(=O)C(C)(C)C)c2cc(C#Cc3ccccc3)cnc21. The van der Waals surface area contributed by atoms with Crippen molar-refractivity contribution in [3.05, 3.63) is 53.7 Å². The van der Waals surface area contributed by atoms with Gasteiger partial charge in [0.2, 0.25) is 5.91 Å². The maximum Gasteiger partial charge on any atom is 0.230 e. The molecular formula is C20H20N4O. The predicted octanol–water partition coefficient (Wildman–Crippen LogP) is 3.35. The van der Waals surface area contributed by atoms with Crippen LogP contribution < -0.4 is 5.32 Å². The number of aromatic nitrogens is 3. The third kappa shape index (κ3) is 3.69. The Hall–Kier alpha value is -3.13. The molecule has 0 saturated heterocycles. The monoisotopic (exact) mass is 332 g/mol. The number of fused-ring (bicyclic) bond motifs is 1. The predicted molar refractivity (Wildman–Crippen MR) is 99.0 cm³/mol. The molecule has 0 aliphatic heterocycles. The van der Waals surface area contributed by atoms with Crippen molar-refractivity contribution in [3.63, 3.8) is 0 Å². The van der Waals surface area contributed by atoms with Crippen molar-refractivity contribution in [2.75, 3.05) is 5.32 Å². The van der Waals surface area contributed by atoms with E-state index in [9.17, 15) is 4.79 Å². The second-order valence-corrected chi connectivity index (χ2v) is 6.89. The van der Waals surface area contributed by atoms with Crippen LogP contribution in [0.2, 0.25) is 0 Å². The number of nitrogens with one attached hydrogen (secondary N) is 1. The van der Waals surface area contributed by atoms with Gasteiger partial charge in [-0.25, -0.2) is 9.67 Å². The van der Waals surface area contributed by atoms with Gasteiger partial charge in [-0.15, -0.1) is 0 Å². The van der Waals surface area contributed by atoms with E-state index < -0.39 is 5.41 Å². The van der Waals surface area contributed by atoms with Crippen LogP contribution in [0.15, 0.2) is 42.6 Å². The molecule has 0 aliphatic carbocycles. The Morgan fingerprint density at radius 2 is 1.80 bits per heavy atom. The Balaban J connectivity index is 1.98. The fraction of sp³-hybridized carbons (Fsp3) is 0.250. The van der Waals surface area contributed by atoms with Gasteiger partial charge in [0.05, 0.1) is 5.39 Å². The van der Waals surface area contributed by atoms with E-state index in [-0.39, 0.29) is 5.91 Å². The Labute approximate surface area is 147 Å². The third-order valence-corrected chi connectivity index (χ3v) is 3.72. The fourth-order valence-corrected chi connectivity index (χ4v) is 2.26. The van der Waals surface area contributed by atoms with E-state index in [2.05, 4.69) is 27.2 Å². The Kier molecular flexibility index (Phi) is 4.28. The number of hydrogen-bond acceptors (Lipinski definition) is 3. The molecule has 0 bridgehead atoms. The summed E-state index contributed by atoms with van der Waals surface area (Å²) in [4.78, 5) is 16.7. The molecule has 0 spiro atoms. The van der Waals surface area contributed by atoms with Crippen LogP contribution in [-0.2, 0) is 11.8 Å². The lowest BCUT2D eigenvalue weighted by Crippen LogP contribution is -2.27. The van der Waals surface area contributed by atoms with E-state index in [4.69, 9.17) is 0 Å². The largest absolute Gasteiger partial charge is 0.308 e. The van der Waals surface area contributed by atoms with E-state index in [1.807, 2.05) is 57.2 Å². The topological polar surface area (TPSA) is 59.8 Å². The van der Waals surface area contributed by atoms with Crippen LogP contribution in [0.3, 0.4) is 0 Å². The highest BCUT2D eigenvalue weighted by molar-refractivity contribution is 6.01. The minimum absolute atomic E-state index is 0.0896. The molecule has 0 fully saturated rings. The van der Waals surface area contributed by atoms with E-state index in [1.165, 1.54) is 0 Å². The fourth-order valence-electron chi connectivity index (χ4n) is 2.26. The van der Waals surface area contributed by atoms with E-state index in [0.717, 1.165) is 16.5 Å². The minimum atomic E-state index is -0.498. The van der Waals surface area contributed by atoms with Crippen LogP contribution in [-0.4, -0.2) is 20.7 Å². The zero-order valence-corrected chi connectivity index (χ0v) is 14.8. The van der Waals surface area contributed by atoms with Crippen LogP contribution in [0, 0.1) is 17.3 Å². The smallest absolute Gasteiger partial charge is 0.230 e. The number of pyridine rings is 1. The summed E-state index contributed by atoms with van der Waals surface area (Å²) in [7, 11) is 1.80. The lowest BCUT2D eigenvalue weighted by atomic mass is 9.96. The highest BCUT2D eigenvalue weighted by Gasteiger charge is 2.23. The molecule has 3 aromatic rings. The van der Waals surface area contributed by atoms with Gasteiger partial charge < -0.3 is 5.32 Å². The van der Waals surface area contributed by atoms with Crippen LogP contribution in [0.1, 0.15) is 31.9 Å². The summed E-state index contributed by atoms with van der Waals surface area (Å²) in [5.74, 6) is 6.64. The average Bonchev–Trinajstić information content (AvgIpc) is 2.88. The van der Waals surface area contributed by atoms with Gasteiger partial charge >= 0.3 is 0 Å². The number of carbonyl (C=O) groups excluding carboxylic acids is 1. The van der Waals surface area contributed by atoms with E-state index in [1.54, 1.807) is 17.9 Å². The number of nitrogens with zero attached hydrogens (tertiary/aromatic N) is 3. The normalized spacial score (nSPS) is 11.0. The summed E-state index contributed by atoms with van der Waals surface area (Å²) in [5, 5.41) is 8.04. The van der Waals surface area contributed by atoms with Crippen LogP contribution in [0.4, 0.5) is 5.82 Å². The first-order valence-corrected chi connectivity index (χ1v) is 8.06. The second-order valence-electron chi connectivity index (χ2n) is 6.89. The number of hydrogen-bond donors (Lipinski definition) is 1. The van der Waals surface area contributed by atoms with Gasteiger partial charge in [-0.1, -0.05) is 50.8 Å². The zero-order chi connectivity index (χ0) is 18.0. The lowest BCUT2D eigenvalue weighted by molar-refractivity contribution is -0.123. The third-order valence-electron chi connectivity index (χ3n) is 3.72. The molecule has 5 heteroatoms. The molecule has 0 saturated carbocycles. The molecule has 1 N–H and O–H groups in total. The molecule has 0 atom stereocenters. The molecule has 0 radical (unpaired) electrons. The highest BCUT2D eigenvalue weighted by atomic mass is 16.2. The number of benzene rings is 1. The molecule has 5 nitrogen and oxygen atoms in total. The molecule has 3 rings (SSSR count). The summed E-state index contributed by atoms with van der Waals surface area (Å²) in [6.07, 6.45) is 1.72. The summed E-state index contributed by atoms with van der Waals surface area (Å²) in [6.45, 7) is 5.59. The van der Waals surface area contributed by atoms with Crippen molar-refractivity contribution < 1.29 is 4.79 Å². The van der Waals surface area contributed by atoms with Gasteiger partial charge in [0.15, 0.2) is 11.5 Å². The zero-order valence-electron chi connectivity index (χ0n) is 14.8. The standard InChI is InChI=1S/C20H20N4O/c1-20(2,3)19(25)22-17-16-12-15(13-21-18(16)24(4)23-17)11-10-14-8-6-5-7-9-14/h5-9,12-13H,1-4H3,(H,22,23,25). The maximum absolute atomic E-state index is 12.3. The number of rotatable bonds is 1. The van der Waals surface area contributed by atoms with Crippen LogP contribution >= 0.6 is 0 Å². The lowest BCUT2D eigenvalue weighted by Gasteiger charge is -2.16. The molecule has 1 aromatic carbocycles. The average molecular weight is 332 g/mol. The molecule has 2 aromatic heterocycles. The van der Waals surface area contributed by atoms with E-state index >= 15 is 0 Å². The summed E-state index contributed by atoms with van der Waals surface area (Å²) >= 11 is 0. The number of aryl methyl sites for hydroxylation is 1. The van der Waals surface area contributed by atoms with Gasteiger partial charge in [-0.2, -0.15) is 5.10 Å². The quantitative estimate of drug-likeness (QED) is 0.695. The molecular weight excluding hydrogens is 312 g/mol. The Morgan fingerprint density at radius 3 is 2.48 bits per heavy atom. The molecule has 2 heterocycles. The molecule has 0 unspecified atom stereocenters. The molecule has 0 aliphatic rings. The highest BCUT2D eigenvalue weighted by Crippen LogP contribution is 2.24. The first-order chi connectivity index (χ1) is 11.8. The van der Waals surface area contributed by atoms with Gasteiger partial charge in [-0.3, -0.25) is 4.79 Å². The Bertz CT molecular complexity index is 985. The summed E-state index contributed by atoms with van der Waals surface area (Å²) in [5.41, 5.74) is 1.92. The van der Waals surface area contributed by atoms with Gasteiger partial charge in [0, 0.05) is 29.8 Å². The first-order valence-electron chi connectivity index (χ1n) is 8.06. The minimum Gasteiger partial charge on any atom is -0.308 e.